The van der Waals surface area contributed by atoms with Gasteiger partial charge in [0, 0.05) is 5.41 Å². The maximum absolute atomic E-state index is 9.91. The molecule has 1 atom stereocenters. The highest BCUT2D eigenvalue weighted by Crippen LogP contribution is 2.27. The normalized spacial score (nSPS) is 14.6. The monoisotopic (exact) mass is 254 g/mol. The summed E-state index contributed by atoms with van der Waals surface area (Å²) in [7, 11) is 0. The van der Waals surface area contributed by atoms with Crippen LogP contribution in [-0.4, -0.2) is 11.2 Å². The van der Waals surface area contributed by atoms with Gasteiger partial charge in [0.25, 0.3) is 0 Å². The van der Waals surface area contributed by atoms with Gasteiger partial charge in [-0.3, -0.25) is 0 Å². The van der Waals surface area contributed by atoms with Crippen molar-refractivity contribution >= 4 is 15.9 Å². The number of aliphatic hydroxyl groups is 1. The Hall–Kier alpha value is -0.600. The fourth-order valence-electron chi connectivity index (χ4n) is 1.35. The van der Waals surface area contributed by atoms with E-state index in [0.29, 0.717) is 0 Å². The number of hydrogen-bond donors (Lipinski definition) is 1. The van der Waals surface area contributed by atoms with Crippen LogP contribution in [0.5, 0.6) is 0 Å². The third-order valence-corrected chi connectivity index (χ3v) is 2.82. The summed E-state index contributed by atoms with van der Waals surface area (Å²) in [5.41, 5.74) is 0.879. The number of aliphatic hydroxyl groups excluding tert-OH is 1. The Morgan fingerprint density at radius 3 is 2.36 bits per heavy atom. The zero-order chi connectivity index (χ0) is 10.6. The predicted octanol–water partition coefficient (Wildman–Crippen LogP) is 3.23. The summed E-state index contributed by atoms with van der Waals surface area (Å²) in [4.78, 5) is 1.70. The van der Waals surface area contributed by atoms with Crippen LogP contribution >= 0.6 is 15.9 Å². The molecule has 14 heavy (non-hydrogen) atoms. The van der Waals surface area contributed by atoms with E-state index in [4.69, 9.17) is 0 Å². The summed E-state index contributed by atoms with van der Waals surface area (Å²) in [5.74, 6) is 0. The highest BCUT2D eigenvalue weighted by atomic mass is 79.9. The van der Waals surface area contributed by atoms with Crippen molar-refractivity contribution in [3.8, 4) is 0 Å². The lowest BCUT2D eigenvalue weighted by Gasteiger charge is -2.29. The largest absolute Gasteiger partial charge is 0.388 e. The third kappa shape index (κ3) is 2.46. The van der Waals surface area contributed by atoms with Crippen LogP contribution in [-0.2, 0) is 5.41 Å². The van der Waals surface area contributed by atoms with Gasteiger partial charge in [-0.2, -0.15) is 0 Å². The molecule has 1 rings (SSSR count). The van der Waals surface area contributed by atoms with Gasteiger partial charge in [0.05, 0.1) is 6.10 Å². The molecule has 0 aliphatic heterocycles. The Kier molecular flexibility index (Phi) is 3.90. The molecule has 1 aromatic rings. The first-order valence-corrected chi connectivity index (χ1v) is 5.51. The molecule has 1 aromatic carbocycles. The molecule has 1 N–H and O–H groups in total. The minimum absolute atomic E-state index is 0.258. The van der Waals surface area contributed by atoms with Crippen LogP contribution < -0.4 is 0 Å². The van der Waals surface area contributed by atoms with Crippen molar-refractivity contribution in [3.63, 3.8) is 0 Å². The third-order valence-electron chi connectivity index (χ3n) is 2.51. The van der Waals surface area contributed by atoms with Gasteiger partial charge in [-0.05, 0) is 16.6 Å². The summed E-state index contributed by atoms with van der Waals surface area (Å²) >= 11 is 3.17. The molecule has 0 radical (unpaired) electrons. The Labute approximate surface area is 93.6 Å². The van der Waals surface area contributed by atoms with Gasteiger partial charge in [-0.1, -0.05) is 60.1 Å². The van der Waals surface area contributed by atoms with E-state index in [2.05, 4.69) is 15.9 Å². The average molecular weight is 255 g/mol. The van der Waals surface area contributed by atoms with Crippen LogP contribution in [0, 0.1) is 0 Å². The second-order valence-corrected chi connectivity index (χ2v) is 4.38. The summed E-state index contributed by atoms with van der Waals surface area (Å²) in [6, 6.07) is 10.0. The maximum Gasteiger partial charge on any atom is 0.0820 e. The SMILES string of the molecule is CC(C)(c1ccccc1)C(O)C=CBr. The number of hydrogen-bond acceptors (Lipinski definition) is 1. The van der Waals surface area contributed by atoms with Gasteiger partial charge in [0.1, 0.15) is 0 Å². The molecule has 0 saturated heterocycles. The van der Waals surface area contributed by atoms with E-state index in [0.717, 1.165) is 5.56 Å². The Morgan fingerprint density at radius 2 is 1.86 bits per heavy atom. The topological polar surface area (TPSA) is 20.2 Å². The molecule has 0 aliphatic rings. The molecule has 76 valence electrons. The lowest BCUT2D eigenvalue weighted by molar-refractivity contribution is 0.145. The fraction of sp³-hybridized carbons (Fsp3) is 0.333. The van der Waals surface area contributed by atoms with E-state index in [9.17, 15) is 5.11 Å². The maximum atomic E-state index is 9.91. The van der Waals surface area contributed by atoms with Crippen LogP contribution in [0.2, 0.25) is 0 Å². The Bertz CT molecular complexity index is 303. The highest BCUT2D eigenvalue weighted by molar-refractivity contribution is 9.11. The quantitative estimate of drug-likeness (QED) is 0.879. The first-order valence-electron chi connectivity index (χ1n) is 4.59. The van der Waals surface area contributed by atoms with E-state index in [1.165, 1.54) is 0 Å². The van der Waals surface area contributed by atoms with Crippen molar-refractivity contribution in [1.82, 2.24) is 0 Å². The van der Waals surface area contributed by atoms with E-state index in [-0.39, 0.29) is 5.41 Å². The summed E-state index contributed by atoms with van der Waals surface area (Å²) < 4.78 is 0. The zero-order valence-corrected chi connectivity index (χ0v) is 10.0. The second kappa shape index (κ2) is 4.76. The molecule has 1 nitrogen and oxygen atoms in total. The first kappa shape index (κ1) is 11.5. The summed E-state index contributed by atoms with van der Waals surface area (Å²) in [6.45, 7) is 4.06. The van der Waals surface area contributed by atoms with E-state index < -0.39 is 6.10 Å². The molecule has 0 heterocycles. The standard InChI is InChI=1S/C12H15BrO/c1-12(2,11(14)8-9-13)10-6-4-3-5-7-10/h3-9,11,14H,1-2H3. The molecular formula is C12H15BrO. The van der Waals surface area contributed by atoms with Crippen LogP contribution in [0.25, 0.3) is 0 Å². The van der Waals surface area contributed by atoms with Crippen molar-refractivity contribution < 1.29 is 5.11 Å². The summed E-state index contributed by atoms with van der Waals surface area (Å²) in [6.07, 6.45) is 1.26. The summed E-state index contributed by atoms with van der Waals surface area (Å²) in [5, 5.41) is 9.91. The van der Waals surface area contributed by atoms with E-state index >= 15 is 0 Å². The second-order valence-electron chi connectivity index (χ2n) is 3.85. The molecular weight excluding hydrogens is 240 g/mol. The smallest absolute Gasteiger partial charge is 0.0820 e. The Morgan fingerprint density at radius 1 is 1.29 bits per heavy atom. The average Bonchev–Trinajstić information content (AvgIpc) is 2.19. The first-order chi connectivity index (χ1) is 6.59. The molecule has 0 amide bonds. The van der Waals surface area contributed by atoms with Crippen molar-refractivity contribution in [2.24, 2.45) is 0 Å². The molecule has 0 bridgehead atoms. The molecule has 0 saturated carbocycles. The fourth-order valence-corrected chi connectivity index (χ4v) is 1.64. The van der Waals surface area contributed by atoms with Gasteiger partial charge in [-0.25, -0.2) is 0 Å². The van der Waals surface area contributed by atoms with E-state index in [1.54, 1.807) is 11.1 Å². The molecule has 0 fully saturated rings. The number of benzene rings is 1. The number of rotatable bonds is 3. The van der Waals surface area contributed by atoms with Crippen LogP contribution in [0.4, 0.5) is 0 Å². The van der Waals surface area contributed by atoms with Crippen molar-refractivity contribution in [1.29, 1.82) is 0 Å². The molecule has 2 heteroatoms. The Balaban J connectivity index is 2.95. The number of halogens is 1. The van der Waals surface area contributed by atoms with Crippen molar-refractivity contribution in [2.45, 2.75) is 25.4 Å². The van der Waals surface area contributed by atoms with Gasteiger partial charge in [-0.15, -0.1) is 0 Å². The molecule has 0 spiro atoms. The lowest BCUT2D eigenvalue weighted by Crippen LogP contribution is -2.31. The van der Waals surface area contributed by atoms with Gasteiger partial charge in [0.15, 0.2) is 0 Å². The van der Waals surface area contributed by atoms with Crippen LogP contribution in [0.15, 0.2) is 41.4 Å². The van der Waals surface area contributed by atoms with Gasteiger partial charge >= 0.3 is 0 Å². The minimum atomic E-state index is -0.482. The molecule has 1 unspecified atom stereocenters. The molecule has 0 aromatic heterocycles. The predicted molar refractivity (Wildman–Crippen MR) is 63.5 cm³/mol. The van der Waals surface area contributed by atoms with Crippen molar-refractivity contribution in [3.05, 3.63) is 47.0 Å². The van der Waals surface area contributed by atoms with Crippen LogP contribution in [0.3, 0.4) is 0 Å². The van der Waals surface area contributed by atoms with Gasteiger partial charge in [0.2, 0.25) is 0 Å². The van der Waals surface area contributed by atoms with Gasteiger partial charge < -0.3 is 5.11 Å². The lowest BCUT2D eigenvalue weighted by atomic mass is 9.79. The highest BCUT2D eigenvalue weighted by Gasteiger charge is 2.27. The van der Waals surface area contributed by atoms with Crippen molar-refractivity contribution in [2.75, 3.05) is 0 Å². The van der Waals surface area contributed by atoms with E-state index in [1.807, 2.05) is 44.2 Å². The minimum Gasteiger partial charge on any atom is -0.388 e. The molecule has 0 aliphatic carbocycles. The zero-order valence-electron chi connectivity index (χ0n) is 8.44. The van der Waals surface area contributed by atoms with Crippen LogP contribution in [0.1, 0.15) is 19.4 Å².